The summed E-state index contributed by atoms with van der Waals surface area (Å²) in [5, 5.41) is 15.7. The molecule has 0 saturated heterocycles. The molecule has 1 N–H and O–H groups in total. The summed E-state index contributed by atoms with van der Waals surface area (Å²) in [4.78, 5) is 17.6. The Morgan fingerprint density at radius 2 is 2.00 bits per heavy atom. The fraction of sp³-hybridized carbons (Fsp3) is 0.471. The van der Waals surface area contributed by atoms with Crippen LogP contribution in [0.2, 0.25) is 0 Å². The molecule has 0 unspecified atom stereocenters. The summed E-state index contributed by atoms with van der Waals surface area (Å²) >= 11 is 2.22. The van der Waals surface area contributed by atoms with Crippen LogP contribution in [-0.2, 0) is 0 Å². The van der Waals surface area contributed by atoms with Crippen molar-refractivity contribution >= 4 is 44.9 Å². The predicted octanol–water partition coefficient (Wildman–Crippen LogP) is 4.03. The second kappa shape index (κ2) is 7.18. The first-order valence-corrected chi connectivity index (χ1v) is 9.19. The van der Waals surface area contributed by atoms with Gasteiger partial charge in [0.25, 0.3) is 0 Å². The molecule has 1 heterocycles. The van der Waals surface area contributed by atoms with E-state index in [1.807, 2.05) is 18.2 Å². The molecule has 0 amide bonds. The first-order valence-electron chi connectivity index (χ1n) is 8.11. The lowest BCUT2D eigenvalue weighted by atomic mass is 9.90. The quantitative estimate of drug-likeness (QED) is 0.442. The molecule has 128 valence electrons. The number of benzene rings is 1. The van der Waals surface area contributed by atoms with Crippen molar-refractivity contribution in [2.75, 3.05) is 19.4 Å². The van der Waals surface area contributed by atoms with E-state index < -0.39 is 0 Å². The summed E-state index contributed by atoms with van der Waals surface area (Å²) in [5.41, 5.74) is 1.45. The Kier molecular flexibility index (Phi) is 5.19. The Labute approximate surface area is 154 Å². The number of hydrogen-bond acceptors (Lipinski definition) is 5. The number of rotatable bonds is 4. The molecule has 1 aromatic carbocycles. The van der Waals surface area contributed by atoms with E-state index in [0.29, 0.717) is 11.7 Å². The molecule has 2 aromatic rings. The molecule has 1 fully saturated rings. The van der Waals surface area contributed by atoms with Crippen molar-refractivity contribution in [2.45, 2.75) is 37.8 Å². The monoisotopic (exact) mass is 440 g/mol. The highest BCUT2D eigenvalue weighted by Crippen LogP contribution is 2.35. The second-order valence-corrected chi connectivity index (χ2v) is 7.80. The van der Waals surface area contributed by atoms with E-state index in [9.17, 15) is 10.1 Å². The van der Waals surface area contributed by atoms with Crippen LogP contribution in [0.15, 0.2) is 24.4 Å². The smallest absolute Gasteiger partial charge is 0.311 e. The minimum absolute atomic E-state index is 0.0548. The van der Waals surface area contributed by atoms with Crippen LogP contribution in [0.5, 0.6) is 0 Å². The van der Waals surface area contributed by atoms with Crippen LogP contribution in [0.25, 0.3) is 10.9 Å². The van der Waals surface area contributed by atoms with Crippen molar-refractivity contribution in [3.8, 4) is 0 Å². The van der Waals surface area contributed by atoms with Crippen LogP contribution in [0.4, 0.5) is 11.4 Å². The molecule has 6 nitrogen and oxygen atoms in total. The van der Waals surface area contributed by atoms with Crippen molar-refractivity contribution in [2.24, 2.45) is 0 Å². The number of nitrogens with zero attached hydrogens (tertiary/aromatic N) is 3. The molecule has 0 aliphatic heterocycles. The number of hydrogen-bond donors (Lipinski definition) is 1. The minimum atomic E-state index is -0.347. The Hall–Kier alpha value is -1.48. The maximum Gasteiger partial charge on any atom is 0.311 e. The summed E-state index contributed by atoms with van der Waals surface area (Å²) in [6, 6.07) is 6.71. The van der Waals surface area contributed by atoms with Crippen molar-refractivity contribution in [1.29, 1.82) is 0 Å². The van der Waals surface area contributed by atoms with Gasteiger partial charge in [-0.25, -0.2) is 4.98 Å². The number of fused-ring (bicyclic) bond motifs is 1. The van der Waals surface area contributed by atoms with Gasteiger partial charge >= 0.3 is 5.69 Å². The highest BCUT2D eigenvalue weighted by atomic mass is 127. The van der Waals surface area contributed by atoms with Gasteiger partial charge in [0.15, 0.2) is 0 Å². The zero-order valence-corrected chi connectivity index (χ0v) is 16.0. The standard InChI is InChI=1S/C17H21IN4O2/c1-21(2)13-6-4-12(5-7-13)20-17-14-9-11(18)3-8-15(14)19-10-16(17)22(23)24/h3,8-10,12-13H,4-7H2,1-2H3,(H,19,20)/t12-,13-. The lowest BCUT2D eigenvalue weighted by Gasteiger charge is -2.33. The number of aromatic nitrogens is 1. The highest BCUT2D eigenvalue weighted by Gasteiger charge is 2.26. The maximum absolute atomic E-state index is 11.5. The van der Waals surface area contributed by atoms with Gasteiger partial charge in [-0.2, -0.15) is 0 Å². The molecule has 24 heavy (non-hydrogen) atoms. The largest absolute Gasteiger partial charge is 0.376 e. The van der Waals surface area contributed by atoms with E-state index in [-0.39, 0.29) is 16.7 Å². The second-order valence-electron chi connectivity index (χ2n) is 6.55. The van der Waals surface area contributed by atoms with E-state index in [4.69, 9.17) is 0 Å². The molecule has 1 aliphatic carbocycles. The molecule has 0 radical (unpaired) electrons. The maximum atomic E-state index is 11.5. The number of pyridine rings is 1. The Bertz CT molecular complexity index is 758. The number of nitrogens with one attached hydrogen (secondary N) is 1. The summed E-state index contributed by atoms with van der Waals surface area (Å²) < 4.78 is 1.04. The summed E-state index contributed by atoms with van der Waals surface area (Å²) in [5.74, 6) is 0. The fourth-order valence-corrected chi connectivity index (χ4v) is 3.88. The van der Waals surface area contributed by atoms with Crippen LogP contribution < -0.4 is 5.32 Å². The van der Waals surface area contributed by atoms with E-state index in [1.54, 1.807) is 0 Å². The molecular weight excluding hydrogens is 419 g/mol. The third-order valence-corrected chi connectivity index (χ3v) is 5.45. The molecule has 7 heteroatoms. The predicted molar refractivity (Wildman–Crippen MR) is 104 cm³/mol. The Balaban J connectivity index is 1.91. The van der Waals surface area contributed by atoms with Gasteiger partial charge in [-0.15, -0.1) is 0 Å². The molecule has 0 bridgehead atoms. The fourth-order valence-electron chi connectivity index (χ4n) is 3.39. The van der Waals surface area contributed by atoms with E-state index in [0.717, 1.165) is 40.2 Å². The molecule has 1 aromatic heterocycles. The van der Waals surface area contributed by atoms with E-state index in [1.165, 1.54) is 6.20 Å². The first-order chi connectivity index (χ1) is 11.5. The zero-order valence-electron chi connectivity index (χ0n) is 13.8. The van der Waals surface area contributed by atoms with Crippen molar-refractivity contribution in [3.05, 3.63) is 38.1 Å². The van der Waals surface area contributed by atoms with Crippen LogP contribution in [-0.4, -0.2) is 41.0 Å². The summed E-state index contributed by atoms with van der Waals surface area (Å²) in [6.07, 6.45) is 5.63. The highest BCUT2D eigenvalue weighted by molar-refractivity contribution is 14.1. The van der Waals surface area contributed by atoms with Gasteiger partial charge in [0.05, 0.1) is 10.4 Å². The number of halogens is 1. The molecular formula is C17H21IN4O2. The number of anilines is 1. The Morgan fingerprint density at radius 3 is 2.62 bits per heavy atom. The van der Waals surface area contributed by atoms with Gasteiger partial charge in [0.1, 0.15) is 11.9 Å². The van der Waals surface area contributed by atoms with Gasteiger partial charge in [-0.05, 0) is 80.6 Å². The molecule has 3 rings (SSSR count). The SMILES string of the molecule is CN(C)[C@H]1CC[C@H](Nc2c([N+](=O)[O-])cnc3ccc(I)cc23)CC1. The van der Waals surface area contributed by atoms with Crippen LogP contribution in [0, 0.1) is 13.7 Å². The van der Waals surface area contributed by atoms with Crippen molar-refractivity contribution in [1.82, 2.24) is 9.88 Å². The molecule has 0 spiro atoms. The lowest BCUT2D eigenvalue weighted by Crippen LogP contribution is -2.36. The van der Waals surface area contributed by atoms with Crippen LogP contribution in [0.3, 0.4) is 0 Å². The van der Waals surface area contributed by atoms with Crippen molar-refractivity contribution < 1.29 is 4.92 Å². The zero-order chi connectivity index (χ0) is 17.3. The van der Waals surface area contributed by atoms with E-state index >= 15 is 0 Å². The lowest BCUT2D eigenvalue weighted by molar-refractivity contribution is -0.384. The third kappa shape index (κ3) is 3.61. The summed E-state index contributed by atoms with van der Waals surface area (Å²) in [6.45, 7) is 0. The van der Waals surface area contributed by atoms with Gasteiger partial charge in [-0.1, -0.05) is 0 Å². The van der Waals surface area contributed by atoms with Crippen LogP contribution in [0.1, 0.15) is 25.7 Å². The van der Waals surface area contributed by atoms with Crippen LogP contribution >= 0.6 is 22.6 Å². The van der Waals surface area contributed by atoms with Gasteiger partial charge in [0, 0.05) is 21.0 Å². The van der Waals surface area contributed by atoms with Gasteiger partial charge < -0.3 is 10.2 Å². The normalized spacial score (nSPS) is 21.2. The third-order valence-electron chi connectivity index (χ3n) is 4.78. The summed E-state index contributed by atoms with van der Waals surface area (Å²) in [7, 11) is 4.23. The van der Waals surface area contributed by atoms with Gasteiger partial charge in [-0.3, -0.25) is 10.1 Å². The van der Waals surface area contributed by atoms with Crippen molar-refractivity contribution in [3.63, 3.8) is 0 Å². The first kappa shape index (κ1) is 17.3. The minimum Gasteiger partial charge on any atom is -0.376 e. The molecule has 1 aliphatic rings. The van der Waals surface area contributed by atoms with Gasteiger partial charge in [0.2, 0.25) is 0 Å². The number of nitro groups is 1. The molecule has 1 saturated carbocycles. The van der Waals surface area contributed by atoms with E-state index in [2.05, 4.69) is 51.9 Å². The molecule has 0 atom stereocenters. The average Bonchev–Trinajstić information content (AvgIpc) is 2.55. The topological polar surface area (TPSA) is 71.3 Å². The Morgan fingerprint density at radius 1 is 1.29 bits per heavy atom. The average molecular weight is 440 g/mol.